The molecule has 2 aromatic rings. The number of halogens is 1. The van der Waals surface area contributed by atoms with E-state index >= 15 is 0 Å². The zero-order chi connectivity index (χ0) is 11.7. The van der Waals surface area contributed by atoms with Crippen molar-refractivity contribution in [3.63, 3.8) is 0 Å². The number of rotatable bonds is 2. The first-order valence-corrected chi connectivity index (χ1v) is 6.30. The van der Waals surface area contributed by atoms with E-state index in [1.165, 1.54) is 12.8 Å². The Balaban J connectivity index is 1.89. The Labute approximate surface area is 100 Å². The molecule has 0 aliphatic carbocycles. The number of piperidine rings is 1. The maximum absolute atomic E-state index is 13.8. The molecule has 17 heavy (non-hydrogen) atoms. The smallest absolute Gasteiger partial charge is 0.132 e. The fourth-order valence-electron chi connectivity index (χ4n) is 2.78. The molecular weight excluding hydrogens is 215 g/mol. The largest absolute Gasteiger partial charge is 0.361 e. The van der Waals surface area contributed by atoms with Gasteiger partial charge in [-0.15, -0.1) is 0 Å². The Morgan fingerprint density at radius 1 is 1.35 bits per heavy atom. The molecule has 1 aromatic carbocycles. The van der Waals surface area contributed by atoms with E-state index in [1.807, 2.05) is 12.3 Å². The van der Waals surface area contributed by atoms with Gasteiger partial charge in [0, 0.05) is 17.1 Å². The molecule has 2 nitrogen and oxygen atoms in total. The van der Waals surface area contributed by atoms with Gasteiger partial charge in [-0.25, -0.2) is 4.39 Å². The molecule has 90 valence electrons. The van der Waals surface area contributed by atoms with E-state index < -0.39 is 0 Å². The van der Waals surface area contributed by atoms with Gasteiger partial charge >= 0.3 is 0 Å². The van der Waals surface area contributed by atoms with Crippen molar-refractivity contribution in [1.82, 2.24) is 10.3 Å². The predicted molar refractivity (Wildman–Crippen MR) is 67.6 cm³/mol. The molecule has 3 heteroatoms. The number of aromatic nitrogens is 1. The Morgan fingerprint density at radius 3 is 3.12 bits per heavy atom. The number of hydrogen-bond acceptors (Lipinski definition) is 1. The minimum absolute atomic E-state index is 0.109. The summed E-state index contributed by atoms with van der Waals surface area (Å²) in [6.45, 7) is 2.18. The first kappa shape index (κ1) is 10.8. The lowest BCUT2D eigenvalue weighted by molar-refractivity contribution is 0.376. The van der Waals surface area contributed by atoms with Gasteiger partial charge in [0.1, 0.15) is 5.82 Å². The molecule has 0 amide bonds. The zero-order valence-corrected chi connectivity index (χ0v) is 9.80. The molecule has 2 N–H and O–H groups in total. The summed E-state index contributed by atoms with van der Waals surface area (Å²) in [6.07, 6.45) is 5.40. The molecule has 1 fully saturated rings. The van der Waals surface area contributed by atoms with Gasteiger partial charge in [-0.2, -0.15) is 0 Å². The van der Waals surface area contributed by atoms with E-state index in [-0.39, 0.29) is 5.82 Å². The highest BCUT2D eigenvalue weighted by molar-refractivity contribution is 5.83. The van der Waals surface area contributed by atoms with Crippen LogP contribution in [-0.2, 0) is 6.42 Å². The van der Waals surface area contributed by atoms with Crippen molar-refractivity contribution in [3.8, 4) is 0 Å². The molecule has 1 aromatic heterocycles. The molecule has 0 bridgehead atoms. The molecule has 1 atom stereocenters. The second-order valence-corrected chi connectivity index (χ2v) is 4.89. The summed E-state index contributed by atoms with van der Waals surface area (Å²) in [5, 5.41) is 4.18. The lowest BCUT2D eigenvalue weighted by Crippen LogP contribution is -2.30. The van der Waals surface area contributed by atoms with Crippen LogP contribution in [0.4, 0.5) is 4.39 Å². The van der Waals surface area contributed by atoms with Crippen LogP contribution in [-0.4, -0.2) is 18.1 Å². The van der Waals surface area contributed by atoms with E-state index in [2.05, 4.69) is 10.3 Å². The maximum atomic E-state index is 13.8. The van der Waals surface area contributed by atoms with Crippen LogP contribution in [0.1, 0.15) is 18.4 Å². The van der Waals surface area contributed by atoms with Crippen molar-refractivity contribution >= 4 is 10.9 Å². The molecule has 0 radical (unpaired) electrons. The number of benzene rings is 1. The summed E-state index contributed by atoms with van der Waals surface area (Å²) in [5.74, 6) is 0.532. The molecule has 1 saturated heterocycles. The highest BCUT2D eigenvalue weighted by Gasteiger charge is 2.16. The highest BCUT2D eigenvalue weighted by Crippen LogP contribution is 2.25. The van der Waals surface area contributed by atoms with Crippen molar-refractivity contribution in [2.75, 3.05) is 13.1 Å². The van der Waals surface area contributed by atoms with Crippen molar-refractivity contribution in [3.05, 3.63) is 35.8 Å². The number of nitrogens with one attached hydrogen (secondary N) is 2. The van der Waals surface area contributed by atoms with Gasteiger partial charge < -0.3 is 10.3 Å². The maximum Gasteiger partial charge on any atom is 0.132 e. The predicted octanol–water partition coefficient (Wildman–Crippen LogP) is 2.85. The third-order valence-electron chi connectivity index (χ3n) is 3.64. The summed E-state index contributed by atoms with van der Waals surface area (Å²) in [4.78, 5) is 3.16. The first-order valence-electron chi connectivity index (χ1n) is 6.30. The van der Waals surface area contributed by atoms with Crippen LogP contribution >= 0.6 is 0 Å². The fourth-order valence-corrected chi connectivity index (χ4v) is 2.78. The van der Waals surface area contributed by atoms with Crippen LogP contribution in [0.5, 0.6) is 0 Å². The van der Waals surface area contributed by atoms with Gasteiger partial charge in [-0.05, 0) is 56.0 Å². The standard InChI is InChI=1S/C14H17FN2/c15-12-4-1-5-13-14(12)11(9-17-13)7-10-3-2-6-16-8-10/h1,4-5,9-10,16-17H,2-3,6-8H2. The van der Waals surface area contributed by atoms with Crippen molar-refractivity contribution in [2.24, 2.45) is 5.92 Å². The summed E-state index contributed by atoms with van der Waals surface area (Å²) < 4.78 is 13.8. The van der Waals surface area contributed by atoms with Crippen molar-refractivity contribution in [2.45, 2.75) is 19.3 Å². The molecule has 3 rings (SSSR count). The highest BCUT2D eigenvalue weighted by atomic mass is 19.1. The van der Waals surface area contributed by atoms with Crippen LogP contribution in [0.3, 0.4) is 0 Å². The monoisotopic (exact) mass is 232 g/mol. The molecule has 2 heterocycles. The van der Waals surface area contributed by atoms with Crippen LogP contribution in [0.25, 0.3) is 10.9 Å². The normalized spacial score (nSPS) is 20.9. The second kappa shape index (κ2) is 4.49. The van der Waals surface area contributed by atoms with Crippen LogP contribution < -0.4 is 5.32 Å². The van der Waals surface area contributed by atoms with E-state index in [9.17, 15) is 4.39 Å². The molecular formula is C14H17FN2. The van der Waals surface area contributed by atoms with E-state index in [0.29, 0.717) is 5.92 Å². The van der Waals surface area contributed by atoms with Crippen LogP contribution in [0.15, 0.2) is 24.4 Å². The fraction of sp³-hybridized carbons (Fsp3) is 0.429. The molecule has 0 spiro atoms. The minimum atomic E-state index is -0.109. The summed E-state index contributed by atoms with van der Waals surface area (Å²) >= 11 is 0. The average molecular weight is 232 g/mol. The Kier molecular flexibility index (Phi) is 2.85. The van der Waals surface area contributed by atoms with Gasteiger partial charge in [0.15, 0.2) is 0 Å². The third kappa shape index (κ3) is 2.07. The van der Waals surface area contributed by atoms with E-state index in [0.717, 1.165) is 36.0 Å². The van der Waals surface area contributed by atoms with Gasteiger partial charge in [0.25, 0.3) is 0 Å². The van der Waals surface area contributed by atoms with Crippen LogP contribution in [0, 0.1) is 11.7 Å². The minimum Gasteiger partial charge on any atom is -0.361 e. The summed E-state index contributed by atoms with van der Waals surface area (Å²) in [7, 11) is 0. The number of hydrogen-bond donors (Lipinski definition) is 2. The topological polar surface area (TPSA) is 27.8 Å². The Bertz CT molecular complexity index is 512. The van der Waals surface area contributed by atoms with E-state index in [4.69, 9.17) is 0 Å². The Hall–Kier alpha value is -1.35. The summed E-state index contributed by atoms with van der Waals surface area (Å²) in [5.41, 5.74) is 2.02. The van der Waals surface area contributed by atoms with Gasteiger partial charge in [-0.3, -0.25) is 0 Å². The van der Waals surface area contributed by atoms with Crippen molar-refractivity contribution < 1.29 is 4.39 Å². The lowest BCUT2D eigenvalue weighted by atomic mass is 9.92. The second-order valence-electron chi connectivity index (χ2n) is 4.89. The summed E-state index contributed by atoms with van der Waals surface area (Å²) in [6, 6.07) is 5.22. The molecule has 1 aliphatic rings. The van der Waals surface area contributed by atoms with E-state index in [1.54, 1.807) is 12.1 Å². The first-order chi connectivity index (χ1) is 8.34. The quantitative estimate of drug-likeness (QED) is 0.818. The number of fused-ring (bicyclic) bond motifs is 1. The van der Waals surface area contributed by atoms with Crippen molar-refractivity contribution in [1.29, 1.82) is 0 Å². The zero-order valence-electron chi connectivity index (χ0n) is 9.80. The molecule has 0 saturated carbocycles. The SMILES string of the molecule is Fc1cccc2[nH]cc(CC3CCCNC3)c12. The molecule has 1 aliphatic heterocycles. The lowest BCUT2D eigenvalue weighted by Gasteiger charge is -2.22. The number of H-pyrrole nitrogens is 1. The van der Waals surface area contributed by atoms with Gasteiger partial charge in [0.2, 0.25) is 0 Å². The molecule has 1 unspecified atom stereocenters. The van der Waals surface area contributed by atoms with Gasteiger partial charge in [0.05, 0.1) is 0 Å². The number of aromatic amines is 1. The van der Waals surface area contributed by atoms with Gasteiger partial charge in [-0.1, -0.05) is 6.07 Å². The van der Waals surface area contributed by atoms with Crippen LogP contribution in [0.2, 0.25) is 0 Å². The average Bonchev–Trinajstić information content (AvgIpc) is 2.75. The Morgan fingerprint density at radius 2 is 2.29 bits per heavy atom. The third-order valence-corrected chi connectivity index (χ3v) is 3.64.